The van der Waals surface area contributed by atoms with Crippen molar-refractivity contribution in [1.29, 1.82) is 0 Å². The maximum atomic E-state index is 12.3. The summed E-state index contributed by atoms with van der Waals surface area (Å²) < 4.78 is 13.5. The van der Waals surface area contributed by atoms with E-state index in [4.69, 9.17) is 9.47 Å². The van der Waals surface area contributed by atoms with Crippen LogP contribution < -0.4 is 11.2 Å². The zero-order chi connectivity index (χ0) is 19.9. The zero-order valence-corrected chi connectivity index (χ0v) is 18.2. The third-order valence-electron chi connectivity index (χ3n) is 5.43. The summed E-state index contributed by atoms with van der Waals surface area (Å²) in [5.74, 6) is 0.160. The second-order valence-electron chi connectivity index (χ2n) is 8.02. The normalized spacial score (nSPS) is 29.4. The highest BCUT2D eigenvalue weighted by Gasteiger charge is 2.57. The molecular weight excluding hydrogens is 356 g/mol. The first-order chi connectivity index (χ1) is 11.9. The number of nitrogens with one attached hydrogen (secondary N) is 1. The number of carbonyl (C=O) groups excluding carboxylic acids is 1. The maximum absolute atomic E-state index is 12.3. The van der Waals surface area contributed by atoms with Crippen molar-refractivity contribution in [2.24, 2.45) is 5.92 Å². The van der Waals surface area contributed by atoms with Crippen molar-refractivity contribution in [2.75, 3.05) is 6.61 Å². The highest BCUT2D eigenvalue weighted by atomic mass is 28.1. The summed E-state index contributed by atoms with van der Waals surface area (Å²) in [6, 6.07) is 0. The number of rotatable bonds is 6. The van der Waals surface area contributed by atoms with E-state index in [1.807, 2.05) is 27.7 Å². The van der Waals surface area contributed by atoms with E-state index < -0.39 is 40.5 Å². The number of ether oxygens (including phenoxy) is 2. The van der Waals surface area contributed by atoms with Crippen LogP contribution in [0, 0.1) is 12.8 Å². The van der Waals surface area contributed by atoms with Crippen molar-refractivity contribution in [3.8, 4) is 0 Å². The van der Waals surface area contributed by atoms with Gasteiger partial charge >= 0.3 is 5.69 Å². The second kappa shape index (κ2) is 6.88. The molecule has 9 heteroatoms. The summed E-state index contributed by atoms with van der Waals surface area (Å²) >= 11 is 0. The van der Waals surface area contributed by atoms with Crippen molar-refractivity contribution in [3.63, 3.8) is 0 Å². The van der Waals surface area contributed by atoms with E-state index in [1.54, 1.807) is 6.92 Å². The first-order valence-corrected chi connectivity index (χ1v) is 9.69. The summed E-state index contributed by atoms with van der Waals surface area (Å²) in [4.78, 5) is 38.1. The molecule has 1 fully saturated rings. The predicted molar refractivity (Wildman–Crippen MR) is 99.3 cm³/mol. The lowest BCUT2D eigenvalue weighted by Gasteiger charge is -2.37. The number of H-pyrrole nitrogens is 1. The topological polar surface area (TPSA) is 111 Å². The van der Waals surface area contributed by atoms with Crippen molar-refractivity contribution in [2.45, 2.75) is 63.7 Å². The van der Waals surface area contributed by atoms with Gasteiger partial charge in [-0.2, -0.15) is 0 Å². The molecule has 2 heterocycles. The lowest BCUT2D eigenvalue weighted by Crippen LogP contribution is -2.51. The van der Waals surface area contributed by atoms with E-state index in [-0.39, 0.29) is 12.3 Å². The van der Waals surface area contributed by atoms with Crippen molar-refractivity contribution in [3.05, 3.63) is 32.6 Å². The predicted octanol–water partition coefficient (Wildman–Crippen LogP) is -1.01. The number of aromatic amines is 1. The number of hydrogen-bond donors (Lipinski definition) is 2. The summed E-state index contributed by atoms with van der Waals surface area (Å²) in [6.45, 7) is 8.85. The molecular formula is C17H28N2O6Si. The molecule has 8 nitrogen and oxygen atoms in total. The van der Waals surface area contributed by atoms with Crippen LogP contribution >= 0.6 is 0 Å². The zero-order valence-electron chi connectivity index (χ0n) is 16.2. The first kappa shape index (κ1) is 20.8. The number of carbonyl (C=O) groups is 1. The Hall–Kier alpha value is -1.55. The number of aldehydes is 1. The van der Waals surface area contributed by atoms with Crippen LogP contribution in [0.1, 0.15) is 39.7 Å². The molecule has 1 aliphatic heterocycles. The van der Waals surface area contributed by atoms with E-state index in [9.17, 15) is 19.5 Å². The molecule has 0 aromatic carbocycles. The SMILES string of the molecule is Cc1cn([C@@]2([SiH3])C[C@H](OC(C)(C)C(C)C)[C@@](C=O)(CO)O2)c(=O)[nH]c1=O. The van der Waals surface area contributed by atoms with Crippen LogP contribution in [0.5, 0.6) is 0 Å². The van der Waals surface area contributed by atoms with Crippen LogP contribution in [-0.4, -0.2) is 55.1 Å². The molecule has 2 N–H and O–H groups in total. The van der Waals surface area contributed by atoms with Gasteiger partial charge in [0.05, 0.1) is 22.5 Å². The average Bonchev–Trinajstić information content (AvgIpc) is 2.83. The molecule has 26 heavy (non-hydrogen) atoms. The molecule has 146 valence electrons. The second-order valence-corrected chi connectivity index (χ2v) is 9.58. The molecule has 1 aromatic heterocycles. The van der Waals surface area contributed by atoms with Crippen LogP contribution in [-0.2, 0) is 19.6 Å². The van der Waals surface area contributed by atoms with Gasteiger partial charge in [-0.1, -0.05) is 13.8 Å². The van der Waals surface area contributed by atoms with Gasteiger partial charge < -0.3 is 14.6 Å². The van der Waals surface area contributed by atoms with Gasteiger partial charge in [-0.05, 0) is 26.7 Å². The molecule has 1 aromatic rings. The molecule has 1 saturated heterocycles. The first-order valence-electron chi connectivity index (χ1n) is 8.69. The van der Waals surface area contributed by atoms with Crippen LogP contribution in [0.3, 0.4) is 0 Å². The Labute approximate surface area is 154 Å². The quantitative estimate of drug-likeness (QED) is 0.480. The molecule has 2 rings (SSSR count). The minimum Gasteiger partial charge on any atom is -0.393 e. The third kappa shape index (κ3) is 3.48. The minimum atomic E-state index is -1.56. The molecule has 0 spiro atoms. The highest BCUT2D eigenvalue weighted by molar-refractivity contribution is 6.13. The van der Waals surface area contributed by atoms with E-state index >= 15 is 0 Å². The number of aromatic nitrogens is 2. The van der Waals surface area contributed by atoms with Gasteiger partial charge in [0, 0.05) is 18.2 Å². The van der Waals surface area contributed by atoms with Gasteiger partial charge in [-0.3, -0.25) is 19.1 Å². The third-order valence-corrected chi connectivity index (χ3v) is 6.53. The van der Waals surface area contributed by atoms with Gasteiger partial charge in [0.2, 0.25) is 0 Å². The van der Waals surface area contributed by atoms with E-state index in [2.05, 4.69) is 4.98 Å². The fourth-order valence-corrected chi connectivity index (χ4v) is 4.10. The number of aryl methyl sites for hydroxylation is 1. The van der Waals surface area contributed by atoms with E-state index in [0.717, 1.165) is 0 Å². The van der Waals surface area contributed by atoms with Gasteiger partial charge in [-0.25, -0.2) is 4.79 Å². The molecule has 0 amide bonds. The van der Waals surface area contributed by atoms with Crippen LogP contribution in [0.15, 0.2) is 15.8 Å². The highest BCUT2D eigenvalue weighted by Crippen LogP contribution is 2.42. The Kier molecular flexibility index (Phi) is 5.49. The van der Waals surface area contributed by atoms with Crippen LogP contribution in [0.2, 0.25) is 0 Å². The molecule has 0 aliphatic carbocycles. The lowest BCUT2D eigenvalue weighted by molar-refractivity contribution is -0.183. The Morgan fingerprint density at radius 1 is 1.54 bits per heavy atom. The Bertz CT molecular complexity index is 801. The van der Waals surface area contributed by atoms with Gasteiger partial charge in [0.25, 0.3) is 5.56 Å². The van der Waals surface area contributed by atoms with Crippen LogP contribution in [0.25, 0.3) is 0 Å². The summed E-state index contributed by atoms with van der Waals surface area (Å²) in [6.07, 6.45) is 1.48. The number of aliphatic hydroxyl groups excluding tert-OH is 1. The molecule has 3 atom stereocenters. The molecule has 0 unspecified atom stereocenters. The van der Waals surface area contributed by atoms with Crippen LogP contribution in [0.4, 0.5) is 0 Å². The van der Waals surface area contributed by atoms with E-state index in [0.29, 0.717) is 22.1 Å². The van der Waals surface area contributed by atoms with Gasteiger partial charge in [-0.15, -0.1) is 0 Å². The monoisotopic (exact) mass is 384 g/mol. The van der Waals surface area contributed by atoms with Crippen molar-refractivity contribution >= 4 is 16.5 Å². The lowest BCUT2D eigenvalue weighted by atomic mass is 9.92. The number of nitrogens with zero attached hydrogens (tertiary/aromatic N) is 1. The smallest absolute Gasteiger partial charge is 0.330 e. The largest absolute Gasteiger partial charge is 0.393 e. The minimum absolute atomic E-state index is 0.160. The fourth-order valence-electron chi connectivity index (χ4n) is 3.01. The Balaban J connectivity index is 2.51. The van der Waals surface area contributed by atoms with Gasteiger partial charge in [0.15, 0.2) is 11.9 Å². The summed E-state index contributed by atoms with van der Waals surface area (Å²) in [5.41, 5.74) is -2.84. The molecule has 0 radical (unpaired) electrons. The van der Waals surface area contributed by atoms with Crippen molar-refractivity contribution < 1.29 is 19.4 Å². The summed E-state index contributed by atoms with van der Waals surface area (Å²) in [5, 5.41) is 8.79. The fraction of sp³-hybridized carbons (Fsp3) is 0.706. The molecule has 1 aliphatic rings. The molecule has 0 bridgehead atoms. The summed E-state index contributed by atoms with van der Waals surface area (Å²) in [7, 11) is 0.339. The maximum Gasteiger partial charge on any atom is 0.330 e. The Morgan fingerprint density at radius 2 is 2.15 bits per heavy atom. The standard InChI is InChI=1S/C17H28N2O6Si/c1-10(2)15(4,5)24-12-6-17(26,25-16(12,8-20)9-21)19-7-11(3)13(22)18-14(19)23/h7-8,10,12,21H,6,9H2,1-5,26H3,(H,18,22,23)/t12-,16+,17-/m0/s1. The Morgan fingerprint density at radius 3 is 2.65 bits per heavy atom. The van der Waals surface area contributed by atoms with Gasteiger partial charge in [0.1, 0.15) is 11.5 Å². The van der Waals surface area contributed by atoms with E-state index in [1.165, 1.54) is 10.8 Å². The number of hydrogen-bond acceptors (Lipinski definition) is 6. The molecule has 0 saturated carbocycles. The number of aliphatic hydroxyl groups is 1. The average molecular weight is 385 g/mol. The van der Waals surface area contributed by atoms with Crippen molar-refractivity contribution in [1.82, 2.24) is 9.55 Å².